The van der Waals surface area contributed by atoms with Crippen LogP contribution in [0.3, 0.4) is 0 Å². The molecule has 0 aromatic heterocycles. The molecule has 3 rings (SSSR count). The fourth-order valence-corrected chi connectivity index (χ4v) is 3.26. The Kier molecular flexibility index (Phi) is 6.39. The maximum absolute atomic E-state index is 13.0. The molecule has 2 aromatic rings. The number of hydrogen-bond donors (Lipinski definition) is 2. The van der Waals surface area contributed by atoms with Gasteiger partial charge in [-0.2, -0.15) is 0 Å². The fourth-order valence-electron chi connectivity index (χ4n) is 3.04. The van der Waals surface area contributed by atoms with Crippen molar-refractivity contribution in [3.63, 3.8) is 0 Å². The first-order chi connectivity index (χ1) is 13.9. The molecule has 152 valence electrons. The SMILES string of the molecule is CC(C)C(NC(=O)c1ccccc1Cl)C(=O)Nc1ccccc1N1CCOC1=O. The Balaban J connectivity index is 1.78. The van der Waals surface area contributed by atoms with Crippen molar-refractivity contribution in [2.24, 2.45) is 5.92 Å². The molecule has 0 spiro atoms. The number of amides is 3. The van der Waals surface area contributed by atoms with Gasteiger partial charge in [-0.25, -0.2) is 4.79 Å². The second-order valence-electron chi connectivity index (χ2n) is 6.95. The van der Waals surface area contributed by atoms with Crippen LogP contribution in [0.2, 0.25) is 5.02 Å². The zero-order valence-electron chi connectivity index (χ0n) is 16.1. The lowest BCUT2D eigenvalue weighted by molar-refractivity contribution is -0.118. The highest BCUT2D eigenvalue weighted by atomic mass is 35.5. The standard InChI is InChI=1S/C21H22ClN3O4/c1-13(2)18(24-19(26)14-7-3-4-8-15(14)22)20(27)23-16-9-5-6-10-17(16)25-11-12-29-21(25)28/h3-10,13,18H,11-12H2,1-2H3,(H,23,27)(H,24,26). The number of halogens is 1. The van der Waals surface area contributed by atoms with Crippen LogP contribution < -0.4 is 15.5 Å². The van der Waals surface area contributed by atoms with Crippen LogP contribution in [-0.4, -0.2) is 37.1 Å². The van der Waals surface area contributed by atoms with Gasteiger partial charge >= 0.3 is 6.09 Å². The molecule has 0 aliphatic carbocycles. The van der Waals surface area contributed by atoms with Gasteiger partial charge in [0.2, 0.25) is 5.91 Å². The third kappa shape index (κ3) is 4.68. The Bertz CT molecular complexity index is 932. The molecular weight excluding hydrogens is 394 g/mol. The van der Waals surface area contributed by atoms with Crippen LogP contribution in [-0.2, 0) is 9.53 Å². The fraction of sp³-hybridized carbons (Fsp3) is 0.286. The molecule has 1 unspecified atom stereocenters. The van der Waals surface area contributed by atoms with E-state index in [1.54, 1.807) is 48.5 Å². The van der Waals surface area contributed by atoms with Gasteiger partial charge in [0.25, 0.3) is 5.91 Å². The third-order valence-electron chi connectivity index (χ3n) is 4.57. The Morgan fingerprint density at radius 3 is 2.45 bits per heavy atom. The molecule has 1 aliphatic rings. The molecule has 7 nitrogen and oxygen atoms in total. The van der Waals surface area contributed by atoms with Crippen LogP contribution in [0.1, 0.15) is 24.2 Å². The first-order valence-corrected chi connectivity index (χ1v) is 9.66. The predicted molar refractivity (Wildman–Crippen MR) is 111 cm³/mol. The molecule has 8 heteroatoms. The quantitative estimate of drug-likeness (QED) is 0.753. The summed E-state index contributed by atoms with van der Waals surface area (Å²) in [6.07, 6.45) is -0.459. The lowest BCUT2D eigenvalue weighted by Crippen LogP contribution is -2.47. The number of anilines is 2. The van der Waals surface area contributed by atoms with Crippen molar-refractivity contribution in [1.82, 2.24) is 5.32 Å². The maximum Gasteiger partial charge on any atom is 0.414 e. The first kappa shape index (κ1) is 20.7. The summed E-state index contributed by atoms with van der Waals surface area (Å²) >= 11 is 6.09. The number of ether oxygens (including phenoxy) is 1. The number of nitrogens with one attached hydrogen (secondary N) is 2. The van der Waals surface area contributed by atoms with Crippen molar-refractivity contribution in [3.05, 3.63) is 59.1 Å². The lowest BCUT2D eigenvalue weighted by atomic mass is 10.0. The first-order valence-electron chi connectivity index (χ1n) is 9.28. The number of carbonyl (C=O) groups excluding carboxylic acids is 3. The van der Waals surface area contributed by atoms with E-state index < -0.39 is 18.0 Å². The topological polar surface area (TPSA) is 87.7 Å². The number of rotatable bonds is 6. The average Bonchev–Trinajstić information content (AvgIpc) is 3.12. The number of nitrogens with zero attached hydrogens (tertiary/aromatic N) is 1. The van der Waals surface area contributed by atoms with E-state index in [4.69, 9.17) is 16.3 Å². The van der Waals surface area contributed by atoms with Gasteiger partial charge < -0.3 is 15.4 Å². The zero-order valence-corrected chi connectivity index (χ0v) is 16.9. The van der Waals surface area contributed by atoms with E-state index in [1.807, 2.05) is 13.8 Å². The van der Waals surface area contributed by atoms with Gasteiger partial charge in [0.05, 0.1) is 28.5 Å². The summed E-state index contributed by atoms with van der Waals surface area (Å²) in [6, 6.07) is 12.8. The molecule has 1 atom stereocenters. The van der Waals surface area contributed by atoms with E-state index in [-0.39, 0.29) is 11.8 Å². The summed E-state index contributed by atoms with van der Waals surface area (Å²) in [7, 11) is 0. The van der Waals surface area contributed by atoms with Crippen molar-refractivity contribution in [1.29, 1.82) is 0 Å². The van der Waals surface area contributed by atoms with Gasteiger partial charge in [-0.05, 0) is 30.2 Å². The van der Waals surface area contributed by atoms with Crippen LogP contribution in [0, 0.1) is 5.92 Å². The summed E-state index contributed by atoms with van der Waals surface area (Å²) in [5, 5.41) is 5.89. The molecule has 0 saturated carbocycles. The molecular formula is C21H22ClN3O4. The van der Waals surface area contributed by atoms with Gasteiger partial charge in [-0.3, -0.25) is 14.5 Å². The summed E-state index contributed by atoms with van der Waals surface area (Å²) in [5.74, 6) is -0.994. The summed E-state index contributed by atoms with van der Waals surface area (Å²) in [4.78, 5) is 38.9. The number of benzene rings is 2. The van der Waals surface area contributed by atoms with E-state index >= 15 is 0 Å². The van der Waals surface area contributed by atoms with Crippen LogP contribution in [0.25, 0.3) is 0 Å². The zero-order chi connectivity index (χ0) is 21.0. The minimum atomic E-state index is -0.794. The van der Waals surface area contributed by atoms with Gasteiger partial charge in [-0.15, -0.1) is 0 Å². The largest absolute Gasteiger partial charge is 0.447 e. The summed E-state index contributed by atoms with van der Waals surface area (Å²) in [5.41, 5.74) is 1.31. The van der Waals surface area contributed by atoms with Crippen LogP contribution >= 0.6 is 11.6 Å². The van der Waals surface area contributed by atoms with Crippen molar-refractivity contribution in [3.8, 4) is 0 Å². The molecule has 2 N–H and O–H groups in total. The predicted octanol–water partition coefficient (Wildman–Crippen LogP) is 3.69. The van der Waals surface area contributed by atoms with E-state index in [2.05, 4.69) is 10.6 Å². The monoisotopic (exact) mass is 415 g/mol. The smallest absolute Gasteiger partial charge is 0.414 e. The molecule has 0 radical (unpaired) electrons. The number of para-hydroxylation sites is 2. The van der Waals surface area contributed by atoms with Crippen molar-refractivity contribution >= 4 is 40.9 Å². The second kappa shape index (κ2) is 8.96. The summed E-state index contributed by atoms with van der Waals surface area (Å²) in [6.45, 7) is 4.37. The maximum atomic E-state index is 13.0. The second-order valence-corrected chi connectivity index (χ2v) is 7.35. The highest BCUT2D eigenvalue weighted by molar-refractivity contribution is 6.33. The van der Waals surface area contributed by atoms with Crippen molar-refractivity contribution in [2.75, 3.05) is 23.4 Å². The Morgan fingerprint density at radius 2 is 1.79 bits per heavy atom. The molecule has 1 heterocycles. The normalized spacial score (nSPS) is 14.5. The minimum absolute atomic E-state index is 0.176. The lowest BCUT2D eigenvalue weighted by Gasteiger charge is -2.24. The van der Waals surface area contributed by atoms with Gasteiger partial charge in [0.1, 0.15) is 12.6 Å². The van der Waals surface area contributed by atoms with E-state index in [1.165, 1.54) is 4.90 Å². The molecule has 1 aliphatic heterocycles. The number of cyclic esters (lactones) is 1. The van der Waals surface area contributed by atoms with Crippen LogP contribution in [0.4, 0.5) is 16.2 Å². The van der Waals surface area contributed by atoms with Gasteiger partial charge in [0.15, 0.2) is 0 Å². The molecule has 1 fully saturated rings. The van der Waals surface area contributed by atoms with E-state index in [9.17, 15) is 14.4 Å². The number of carbonyl (C=O) groups is 3. The van der Waals surface area contributed by atoms with Crippen LogP contribution in [0.5, 0.6) is 0 Å². The van der Waals surface area contributed by atoms with Crippen molar-refractivity contribution in [2.45, 2.75) is 19.9 Å². The molecule has 0 bridgehead atoms. The average molecular weight is 416 g/mol. The Morgan fingerprint density at radius 1 is 1.10 bits per heavy atom. The molecule has 29 heavy (non-hydrogen) atoms. The van der Waals surface area contributed by atoms with Gasteiger partial charge in [-0.1, -0.05) is 49.7 Å². The minimum Gasteiger partial charge on any atom is -0.447 e. The summed E-state index contributed by atoms with van der Waals surface area (Å²) < 4.78 is 4.98. The van der Waals surface area contributed by atoms with Crippen LogP contribution in [0.15, 0.2) is 48.5 Å². The van der Waals surface area contributed by atoms with E-state index in [0.717, 1.165) is 0 Å². The third-order valence-corrected chi connectivity index (χ3v) is 4.90. The highest BCUT2D eigenvalue weighted by Crippen LogP contribution is 2.28. The van der Waals surface area contributed by atoms with Gasteiger partial charge in [0, 0.05) is 0 Å². The Labute approximate surface area is 174 Å². The highest BCUT2D eigenvalue weighted by Gasteiger charge is 2.29. The number of hydrogen-bond acceptors (Lipinski definition) is 4. The Hall–Kier alpha value is -3.06. The van der Waals surface area contributed by atoms with Crippen molar-refractivity contribution < 1.29 is 19.1 Å². The molecule has 3 amide bonds. The molecule has 2 aromatic carbocycles. The molecule has 1 saturated heterocycles. The van der Waals surface area contributed by atoms with E-state index in [0.29, 0.717) is 35.1 Å².